The number of halogens is 6. The predicted molar refractivity (Wildman–Crippen MR) is 200 cm³/mol. The SMILES string of the molecule is CC(C)(C)OC(=O)N1CC(Oc2cc(C(F)(F)F)nn2-c2ccc(C=O)cc2)C1.CC(C)(C)OC(=O)N1CC(Oc2cc(C(F)(F)F)nn2-c2ccc(CO)cc2)C1.[B].[H-].[Na+]. The Morgan fingerprint density at radius 3 is 1.35 bits per heavy atom. The number of likely N-dealkylation sites (tertiary alicyclic amines) is 2. The number of benzene rings is 2. The van der Waals surface area contributed by atoms with Crippen molar-refractivity contribution < 1.29 is 95.8 Å². The van der Waals surface area contributed by atoms with E-state index in [4.69, 9.17) is 24.1 Å². The maximum absolute atomic E-state index is 13.1. The summed E-state index contributed by atoms with van der Waals surface area (Å²) in [5, 5.41) is 16.3. The minimum absolute atomic E-state index is 0. The van der Waals surface area contributed by atoms with Crippen molar-refractivity contribution in [2.24, 2.45) is 0 Å². The smallest absolute Gasteiger partial charge is 1.00 e. The molecule has 0 aliphatic carbocycles. The zero-order valence-corrected chi connectivity index (χ0v) is 35.9. The Kier molecular flexibility index (Phi) is 16.0. The fraction of sp³-hybridized carbons (Fsp3) is 0.447. The molecule has 1 N–H and O–H groups in total. The number of nitrogens with zero attached hydrogens (tertiary/aromatic N) is 6. The first-order valence-electron chi connectivity index (χ1n) is 17.8. The van der Waals surface area contributed by atoms with E-state index in [0.717, 1.165) is 21.5 Å². The van der Waals surface area contributed by atoms with Gasteiger partial charge >= 0.3 is 54.1 Å². The van der Waals surface area contributed by atoms with Gasteiger partial charge in [0.2, 0.25) is 11.8 Å². The number of aliphatic hydroxyl groups is 1. The van der Waals surface area contributed by atoms with Gasteiger partial charge in [-0.2, -0.15) is 36.5 Å². The molecule has 2 saturated heterocycles. The molecule has 22 heteroatoms. The first-order chi connectivity index (χ1) is 26.9. The molecule has 0 atom stereocenters. The number of aromatic nitrogens is 4. The van der Waals surface area contributed by atoms with Crippen LogP contribution in [0.2, 0.25) is 0 Å². The molecule has 60 heavy (non-hydrogen) atoms. The average molecular weight is 860 g/mol. The van der Waals surface area contributed by atoms with Crippen molar-refractivity contribution in [1.82, 2.24) is 29.4 Å². The van der Waals surface area contributed by atoms with Gasteiger partial charge in [-0.1, -0.05) is 12.1 Å². The van der Waals surface area contributed by atoms with Gasteiger partial charge in [0.25, 0.3) is 0 Å². The zero-order chi connectivity index (χ0) is 42.8. The molecule has 2 aromatic carbocycles. The third-order valence-electron chi connectivity index (χ3n) is 8.15. The Bertz CT molecular complexity index is 2080. The van der Waals surface area contributed by atoms with E-state index >= 15 is 0 Å². The number of amides is 2. The monoisotopic (exact) mass is 859 g/mol. The molecule has 2 aliphatic rings. The number of alkyl halides is 6. The molecule has 3 radical (unpaired) electrons. The van der Waals surface area contributed by atoms with Crippen molar-refractivity contribution in [3.05, 3.63) is 83.2 Å². The van der Waals surface area contributed by atoms with Crippen molar-refractivity contribution in [3.8, 4) is 23.1 Å². The number of aliphatic hydroxyl groups excluding tert-OH is 1. The number of rotatable bonds is 8. The molecule has 4 aromatic rings. The van der Waals surface area contributed by atoms with Gasteiger partial charge in [0.15, 0.2) is 11.4 Å². The van der Waals surface area contributed by atoms with Crippen LogP contribution in [0.15, 0.2) is 60.7 Å². The van der Waals surface area contributed by atoms with Crippen LogP contribution in [0.5, 0.6) is 11.8 Å². The van der Waals surface area contributed by atoms with E-state index in [-0.39, 0.29) is 83.9 Å². The van der Waals surface area contributed by atoms with Gasteiger partial charge in [-0.25, -0.2) is 19.0 Å². The van der Waals surface area contributed by atoms with Gasteiger partial charge in [-0.3, -0.25) is 4.79 Å². The number of carbonyl (C=O) groups is 3. The van der Waals surface area contributed by atoms with E-state index in [1.165, 1.54) is 34.1 Å². The number of aldehydes is 1. The summed E-state index contributed by atoms with van der Waals surface area (Å²) >= 11 is 0. The maximum Gasteiger partial charge on any atom is 1.00 e. The normalized spacial score (nSPS) is 14.6. The average Bonchev–Trinajstić information content (AvgIpc) is 3.71. The molecule has 6 rings (SSSR count). The van der Waals surface area contributed by atoms with Crippen LogP contribution in [0.1, 0.15) is 70.3 Å². The fourth-order valence-corrected chi connectivity index (χ4v) is 5.30. The summed E-state index contributed by atoms with van der Waals surface area (Å²) < 4.78 is 103. The Hall–Kier alpha value is -4.73. The van der Waals surface area contributed by atoms with Gasteiger partial charge in [0.05, 0.1) is 44.2 Å². The molecule has 0 saturated carbocycles. The van der Waals surface area contributed by atoms with Gasteiger partial charge < -0.3 is 35.3 Å². The molecule has 319 valence electrons. The first-order valence-corrected chi connectivity index (χ1v) is 17.8. The van der Waals surface area contributed by atoms with Crippen LogP contribution in [-0.4, -0.2) is 111 Å². The summed E-state index contributed by atoms with van der Waals surface area (Å²) in [6, 6.07) is 13.8. The third-order valence-corrected chi connectivity index (χ3v) is 8.15. The minimum Gasteiger partial charge on any atom is -1.00 e. The summed E-state index contributed by atoms with van der Waals surface area (Å²) in [5.41, 5.74) is -1.79. The molecule has 2 aromatic heterocycles. The first kappa shape index (κ1) is 49.6. The van der Waals surface area contributed by atoms with E-state index in [9.17, 15) is 40.7 Å². The van der Waals surface area contributed by atoms with Crippen LogP contribution in [-0.2, 0) is 28.4 Å². The molecule has 4 heterocycles. The van der Waals surface area contributed by atoms with Crippen molar-refractivity contribution in [3.63, 3.8) is 0 Å². The Morgan fingerprint density at radius 1 is 0.700 bits per heavy atom. The second-order valence-corrected chi connectivity index (χ2v) is 15.3. The van der Waals surface area contributed by atoms with Crippen LogP contribution in [0, 0.1) is 0 Å². The second kappa shape index (κ2) is 19.3. The second-order valence-electron chi connectivity index (χ2n) is 15.3. The molecular formula is C38H43BF6N6NaO8. The Balaban J connectivity index is 0.000000400. The molecule has 0 spiro atoms. The topological polar surface area (TPSA) is 150 Å². The van der Waals surface area contributed by atoms with E-state index in [0.29, 0.717) is 28.8 Å². The molecule has 2 aliphatic heterocycles. The van der Waals surface area contributed by atoms with E-state index in [1.54, 1.807) is 65.8 Å². The number of hydrogen-bond acceptors (Lipinski definition) is 10. The van der Waals surface area contributed by atoms with Crippen molar-refractivity contribution in [2.75, 3.05) is 26.2 Å². The Labute approximate surface area is 367 Å². The van der Waals surface area contributed by atoms with E-state index < -0.39 is 59.3 Å². The number of hydrogen-bond donors (Lipinski definition) is 1. The molecular weight excluding hydrogens is 816 g/mol. The molecule has 2 fully saturated rings. The maximum atomic E-state index is 13.1. The van der Waals surface area contributed by atoms with Crippen LogP contribution >= 0.6 is 0 Å². The third kappa shape index (κ3) is 13.1. The summed E-state index contributed by atoms with van der Waals surface area (Å²) in [7, 11) is 0. The largest absolute Gasteiger partial charge is 1.00 e. The van der Waals surface area contributed by atoms with Crippen LogP contribution in [0.3, 0.4) is 0 Å². The fourth-order valence-electron chi connectivity index (χ4n) is 5.30. The Morgan fingerprint density at radius 2 is 1.05 bits per heavy atom. The van der Waals surface area contributed by atoms with Crippen LogP contribution < -0.4 is 39.0 Å². The van der Waals surface area contributed by atoms with Gasteiger partial charge in [0, 0.05) is 26.1 Å². The molecule has 0 unspecified atom stereocenters. The van der Waals surface area contributed by atoms with Crippen molar-refractivity contribution in [1.29, 1.82) is 0 Å². The van der Waals surface area contributed by atoms with Crippen molar-refractivity contribution >= 4 is 26.9 Å². The predicted octanol–water partition coefficient (Wildman–Crippen LogP) is 3.82. The van der Waals surface area contributed by atoms with Gasteiger partial charge in [-0.15, -0.1) is 0 Å². The zero-order valence-electron chi connectivity index (χ0n) is 34.9. The standard InChI is InChI=1S/C19H22F3N3O4.C19H20F3N3O4.B.Na.H/c2*1-18(2,3)29-17(27)24-9-14(10-24)28-16-8-15(19(20,21)22)23-25(16)13-6-4-12(11-26)5-7-13;;;/h4-8,14,26H,9-11H2,1-3H3;4-8,11,14H,9-10H2,1-3H3;;;/q;;;+1;-1. The number of carbonyl (C=O) groups excluding carboxylic acids is 3. The van der Waals surface area contributed by atoms with Crippen molar-refractivity contribution in [2.45, 2.75) is 83.9 Å². The molecule has 14 nitrogen and oxygen atoms in total. The van der Waals surface area contributed by atoms with Gasteiger partial charge in [-0.05, 0) is 83.5 Å². The van der Waals surface area contributed by atoms with E-state index in [1.807, 2.05) is 0 Å². The summed E-state index contributed by atoms with van der Waals surface area (Å²) in [4.78, 5) is 37.6. The molecule has 2 amide bonds. The molecule has 0 bridgehead atoms. The van der Waals surface area contributed by atoms with Crippen LogP contribution in [0.25, 0.3) is 11.4 Å². The van der Waals surface area contributed by atoms with Crippen LogP contribution in [0.4, 0.5) is 35.9 Å². The van der Waals surface area contributed by atoms with E-state index in [2.05, 4.69) is 10.2 Å². The summed E-state index contributed by atoms with van der Waals surface area (Å²) in [5.74, 6) is -0.187. The quantitative estimate of drug-likeness (QED) is 0.158. The summed E-state index contributed by atoms with van der Waals surface area (Å²) in [6.07, 6.45) is -10.6. The van der Waals surface area contributed by atoms with Gasteiger partial charge in [0.1, 0.15) is 29.7 Å². The minimum atomic E-state index is -4.64. The number of ether oxygens (including phenoxy) is 4. The summed E-state index contributed by atoms with van der Waals surface area (Å²) in [6.45, 7) is 11.1.